The molecule has 3 unspecified atom stereocenters. The first-order chi connectivity index (χ1) is 18.2. The second-order valence-electron chi connectivity index (χ2n) is 13.9. The van der Waals surface area contributed by atoms with Crippen LogP contribution in [0, 0.1) is 29.1 Å². The fourth-order valence-electron chi connectivity index (χ4n) is 7.07. The van der Waals surface area contributed by atoms with E-state index >= 15 is 0 Å². The molecule has 39 heavy (non-hydrogen) atoms. The molecular weight excluding hydrogens is 498 g/mol. The maximum atomic E-state index is 14.2. The van der Waals surface area contributed by atoms with Gasteiger partial charge in [0.1, 0.15) is 17.7 Å². The van der Waals surface area contributed by atoms with Gasteiger partial charge in [-0.2, -0.15) is 0 Å². The van der Waals surface area contributed by atoms with Crippen LogP contribution in [-0.4, -0.2) is 64.6 Å². The zero-order valence-electron chi connectivity index (χ0n) is 24.5. The molecular formula is C30H47N3O6. The highest BCUT2D eigenvalue weighted by Gasteiger charge is 2.69. The molecule has 3 aliphatic carbocycles. The largest absolute Gasteiger partial charge is 0.444 e. The number of likely N-dealkylation sites (tertiary alicyclic amines) is 1. The first-order valence-electron chi connectivity index (χ1n) is 14.9. The van der Waals surface area contributed by atoms with Crippen molar-refractivity contribution in [3.63, 3.8) is 0 Å². The van der Waals surface area contributed by atoms with Crippen LogP contribution < -0.4 is 10.6 Å². The van der Waals surface area contributed by atoms with Gasteiger partial charge in [-0.1, -0.05) is 52.4 Å². The van der Waals surface area contributed by atoms with E-state index in [1.165, 1.54) is 6.92 Å². The van der Waals surface area contributed by atoms with Crippen molar-refractivity contribution in [3.05, 3.63) is 0 Å². The third kappa shape index (κ3) is 6.49. The van der Waals surface area contributed by atoms with Crippen LogP contribution in [0.25, 0.3) is 0 Å². The number of fused-ring (bicyclic) bond motifs is 1. The van der Waals surface area contributed by atoms with Gasteiger partial charge < -0.3 is 20.3 Å². The second kappa shape index (κ2) is 11.2. The normalized spacial score (nSPS) is 27.9. The Morgan fingerprint density at radius 1 is 0.949 bits per heavy atom. The predicted molar refractivity (Wildman–Crippen MR) is 146 cm³/mol. The molecule has 0 bridgehead atoms. The Morgan fingerprint density at radius 2 is 1.59 bits per heavy atom. The maximum Gasteiger partial charge on any atom is 0.408 e. The van der Waals surface area contributed by atoms with Gasteiger partial charge in [-0.05, 0) is 69.1 Å². The molecule has 3 saturated carbocycles. The average molecular weight is 546 g/mol. The lowest BCUT2D eigenvalue weighted by molar-refractivity contribution is -0.144. The Balaban J connectivity index is 1.55. The molecule has 9 heteroatoms. The van der Waals surface area contributed by atoms with Crippen LogP contribution in [0.15, 0.2) is 0 Å². The molecule has 1 saturated heterocycles. The second-order valence-corrected chi connectivity index (χ2v) is 13.9. The summed E-state index contributed by atoms with van der Waals surface area (Å²) in [6, 6.07) is -2.39. The van der Waals surface area contributed by atoms with Crippen LogP contribution in [0.1, 0.15) is 99.3 Å². The summed E-state index contributed by atoms with van der Waals surface area (Å²) in [5.41, 5.74) is -0.809. The van der Waals surface area contributed by atoms with Crippen molar-refractivity contribution in [2.75, 3.05) is 6.54 Å². The van der Waals surface area contributed by atoms with E-state index in [0.717, 1.165) is 51.4 Å². The SMILES string of the molecule is CC(=O)C(=O)C(CC1CCC1)NC(=O)[C@@H]1C2C(CN1C(=O)[C@@H](NC(=O)OC(C)(C)C)C1CCCCC1)C2(C)C. The number of nitrogens with zero attached hydrogens (tertiary/aromatic N) is 1. The molecule has 1 aliphatic heterocycles. The third-order valence-corrected chi connectivity index (χ3v) is 9.59. The van der Waals surface area contributed by atoms with Crippen LogP contribution in [0.3, 0.4) is 0 Å². The first kappa shape index (κ1) is 29.5. The number of piperidine rings is 1. The molecule has 0 radical (unpaired) electrons. The number of carbonyl (C=O) groups excluding carboxylic acids is 5. The quantitative estimate of drug-likeness (QED) is 0.425. The van der Waals surface area contributed by atoms with Gasteiger partial charge in [0.2, 0.25) is 17.6 Å². The molecule has 1 heterocycles. The average Bonchev–Trinajstić information content (AvgIpc) is 3.15. The Hall–Kier alpha value is -2.45. The molecule has 4 aliphatic rings. The zero-order chi connectivity index (χ0) is 28.7. The smallest absolute Gasteiger partial charge is 0.408 e. The van der Waals surface area contributed by atoms with E-state index in [2.05, 4.69) is 24.5 Å². The fourth-order valence-corrected chi connectivity index (χ4v) is 7.07. The zero-order valence-corrected chi connectivity index (χ0v) is 24.5. The van der Waals surface area contributed by atoms with Crippen molar-refractivity contribution in [1.82, 2.24) is 15.5 Å². The van der Waals surface area contributed by atoms with Gasteiger partial charge in [-0.3, -0.25) is 19.2 Å². The molecule has 4 fully saturated rings. The fraction of sp³-hybridized carbons (Fsp3) is 0.833. The molecule has 0 aromatic heterocycles. The minimum absolute atomic E-state index is 0.0296. The third-order valence-electron chi connectivity index (χ3n) is 9.59. The Kier molecular flexibility index (Phi) is 8.48. The number of alkyl carbamates (subject to hydrolysis) is 1. The summed E-state index contributed by atoms with van der Waals surface area (Å²) >= 11 is 0. The number of hydrogen-bond donors (Lipinski definition) is 2. The highest BCUT2D eigenvalue weighted by atomic mass is 16.6. The predicted octanol–water partition coefficient (Wildman–Crippen LogP) is 3.78. The van der Waals surface area contributed by atoms with E-state index in [0.29, 0.717) is 18.9 Å². The number of amides is 3. The van der Waals surface area contributed by atoms with Gasteiger partial charge >= 0.3 is 6.09 Å². The summed E-state index contributed by atoms with van der Waals surface area (Å²) in [6.07, 6.45) is 7.62. The lowest BCUT2D eigenvalue weighted by atomic mass is 9.79. The van der Waals surface area contributed by atoms with Gasteiger partial charge in [-0.25, -0.2) is 4.79 Å². The van der Waals surface area contributed by atoms with E-state index in [-0.39, 0.29) is 35.0 Å². The summed E-state index contributed by atoms with van der Waals surface area (Å²) in [7, 11) is 0. The van der Waals surface area contributed by atoms with Gasteiger partial charge in [0, 0.05) is 13.5 Å². The minimum atomic E-state index is -0.868. The summed E-state index contributed by atoms with van der Waals surface area (Å²) < 4.78 is 5.49. The first-order valence-corrected chi connectivity index (χ1v) is 14.9. The molecule has 9 nitrogen and oxygen atoms in total. The van der Waals surface area contributed by atoms with Crippen molar-refractivity contribution in [2.24, 2.45) is 29.1 Å². The molecule has 2 N–H and O–H groups in total. The number of Topliss-reactive ketones (excluding diaryl/α,β-unsaturated/α-hetero) is 2. The van der Waals surface area contributed by atoms with Crippen molar-refractivity contribution in [3.8, 4) is 0 Å². The Morgan fingerprint density at radius 3 is 2.13 bits per heavy atom. The summed E-state index contributed by atoms with van der Waals surface area (Å²) in [4.78, 5) is 67.1. The van der Waals surface area contributed by atoms with Gasteiger partial charge in [0.05, 0.1) is 6.04 Å². The number of nitrogens with one attached hydrogen (secondary N) is 2. The Labute approximate surface area is 232 Å². The number of ketones is 2. The molecule has 3 amide bonds. The van der Waals surface area contributed by atoms with E-state index < -0.39 is 41.4 Å². The molecule has 0 aromatic carbocycles. The van der Waals surface area contributed by atoms with Crippen molar-refractivity contribution in [2.45, 2.75) is 123 Å². The van der Waals surface area contributed by atoms with Gasteiger partial charge in [0.15, 0.2) is 5.78 Å². The minimum Gasteiger partial charge on any atom is -0.444 e. The molecule has 0 spiro atoms. The topological polar surface area (TPSA) is 122 Å². The van der Waals surface area contributed by atoms with Crippen molar-refractivity contribution >= 4 is 29.5 Å². The van der Waals surface area contributed by atoms with Crippen LogP contribution in [0.4, 0.5) is 4.79 Å². The van der Waals surface area contributed by atoms with E-state index in [1.54, 1.807) is 25.7 Å². The van der Waals surface area contributed by atoms with Crippen LogP contribution in [0.2, 0.25) is 0 Å². The van der Waals surface area contributed by atoms with Crippen LogP contribution in [-0.2, 0) is 23.9 Å². The van der Waals surface area contributed by atoms with Crippen LogP contribution in [0.5, 0.6) is 0 Å². The summed E-state index contributed by atoms with van der Waals surface area (Å²) in [5, 5.41) is 5.76. The van der Waals surface area contributed by atoms with E-state index in [9.17, 15) is 24.0 Å². The highest BCUT2D eigenvalue weighted by Crippen LogP contribution is 2.65. The maximum absolute atomic E-state index is 14.2. The number of ether oxygens (including phenoxy) is 1. The number of carbonyl (C=O) groups is 5. The number of rotatable bonds is 9. The molecule has 5 atom stereocenters. The Bertz CT molecular complexity index is 991. The van der Waals surface area contributed by atoms with Gasteiger partial charge in [0.25, 0.3) is 0 Å². The molecule has 4 rings (SSSR count). The monoisotopic (exact) mass is 545 g/mol. The standard InChI is InChI=1S/C30H47N3O6/c1-17(34)25(35)21(15-18-11-10-12-18)31-26(36)24-22-20(30(22,5)6)16-33(24)27(37)23(19-13-8-7-9-14-19)32-28(38)39-29(2,3)4/h18-24H,7-16H2,1-6H3,(H,31,36)(H,32,38)/t20?,21?,22?,23-,24-/m0/s1. The van der Waals surface area contributed by atoms with E-state index in [1.807, 2.05) is 0 Å². The van der Waals surface area contributed by atoms with Crippen molar-refractivity contribution < 1.29 is 28.7 Å². The van der Waals surface area contributed by atoms with E-state index in [4.69, 9.17) is 4.74 Å². The highest BCUT2D eigenvalue weighted by molar-refractivity contribution is 6.38. The lowest BCUT2D eigenvalue weighted by Crippen LogP contribution is -2.59. The van der Waals surface area contributed by atoms with Crippen molar-refractivity contribution in [1.29, 1.82) is 0 Å². The summed E-state index contributed by atoms with van der Waals surface area (Å²) in [5.74, 6) is -1.36. The number of hydrogen-bond acceptors (Lipinski definition) is 6. The molecule has 0 aromatic rings. The summed E-state index contributed by atoms with van der Waals surface area (Å²) in [6.45, 7) is 11.2. The van der Waals surface area contributed by atoms with Gasteiger partial charge in [-0.15, -0.1) is 0 Å². The van der Waals surface area contributed by atoms with Crippen LogP contribution >= 0.6 is 0 Å². The lowest BCUT2D eigenvalue weighted by Gasteiger charge is -2.37. The molecule has 218 valence electrons.